The van der Waals surface area contributed by atoms with Crippen LogP contribution in [0, 0.1) is 5.92 Å². The fraction of sp³-hybridized carbons (Fsp3) is 0.385. The minimum atomic E-state index is -0.826. The Morgan fingerprint density at radius 2 is 1.94 bits per heavy atom. The molecular weight excluding hydrogens is 234 g/mol. The lowest BCUT2D eigenvalue weighted by molar-refractivity contribution is -0.144. The van der Waals surface area contributed by atoms with Crippen molar-refractivity contribution in [1.82, 2.24) is 4.90 Å². The second kappa shape index (κ2) is 5.08. The summed E-state index contributed by atoms with van der Waals surface area (Å²) in [6.45, 7) is 0.997. The van der Waals surface area contributed by atoms with E-state index in [1.807, 2.05) is 0 Å². The molecule has 0 aromatic heterocycles. The number of carbonyl (C=O) groups excluding carboxylic acids is 1. The molecule has 2 rings (SSSR count). The van der Waals surface area contributed by atoms with Gasteiger partial charge in [0.05, 0.1) is 12.8 Å². The van der Waals surface area contributed by atoms with Crippen LogP contribution < -0.4 is 0 Å². The van der Waals surface area contributed by atoms with Crippen molar-refractivity contribution < 1.29 is 19.8 Å². The van der Waals surface area contributed by atoms with Gasteiger partial charge in [-0.25, -0.2) is 0 Å². The fourth-order valence-electron chi connectivity index (χ4n) is 2.08. The molecule has 1 saturated heterocycles. The van der Waals surface area contributed by atoms with E-state index in [9.17, 15) is 14.7 Å². The van der Waals surface area contributed by atoms with Gasteiger partial charge in [-0.2, -0.15) is 0 Å². The molecule has 0 aliphatic carbocycles. The van der Waals surface area contributed by atoms with Crippen molar-refractivity contribution in [3.8, 4) is 5.75 Å². The van der Waals surface area contributed by atoms with Crippen LogP contribution in [0.3, 0.4) is 0 Å². The van der Waals surface area contributed by atoms with Crippen LogP contribution in [0.1, 0.15) is 12.0 Å². The number of para-hydroxylation sites is 1. The number of benzene rings is 1. The number of hydrogen-bond donors (Lipinski definition) is 2. The van der Waals surface area contributed by atoms with Gasteiger partial charge in [-0.1, -0.05) is 18.2 Å². The fourth-order valence-corrected chi connectivity index (χ4v) is 2.08. The van der Waals surface area contributed by atoms with Gasteiger partial charge in [0, 0.05) is 24.6 Å². The number of likely N-dealkylation sites (tertiary alicyclic amines) is 1. The lowest BCUT2D eigenvalue weighted by atomic mass is 9.95. The van der Waals surface area contributed by atoms with E-state index in [0.29, 0.717) is 18.7 Å². The summed E-state index contributed by atoms with van der Waals surface area (Å²) in [5, 5.41) is 18.2. The van der Waals surface area contributed by atoms with Crippen molar-refractivity contribution in [2.75, 3.05) is 13.1 Å². The highest BCUT2D eigenvalue weighted by Gasteiger charge is 2.31. The minimum Gasteiger partial charge on any atom is -0.508 e. The van der Waals surface area contributed by atoms with Gasteiger partial charge < -0.3 is 15.1 Å². The Labute approximate surface area is 105 Å². The number of carbonyl (C=O) groups is 2. The number of phenolic OH excluding ortho intramolecular Hbond substituents is 1. The summed E-state index contributed by atoms with van der Waals surface area (Å²) in [6, 6.07) is 6.73. The highest BCUT2D eigenvalue weighted by molar-refractivity contribution is 5.80. The quantitative estimate of drug-likeness (QED) is 0.830. The van der Waals surface area contributed by atoms with E-state index in [1.165, 1.54) is 0 Å². The highest BCUT2D eigenvalue weighted by Crippen LogP contribution is 2.22. The molecule has 0 bridgehead atoms. The highest BCUT2D eigenvalue weighted by atomic mass is 16.4. The first-order valence-corrected chi connectivity index (χ1v) is 5.82. The number of aliphatic carboxylic acids is 1. The number of carboxylic acids is 1. The van der Waals surface area contributed by atoms with Crippen molar-refractivity contribution in [2.24, 2.45) is 5.92 Å². The van der Waals surface area contributed by atoms with Crippen molar-refractivity contribution in [1.29, 1.82) is 0 Å². The number of nitrogens with zero attached hydrogens (tertiary/aromatic N) is 1. The van der Waals surface area contributed by atoms with Crippen LogP contribution in [0.5, 0.6) is 5.75 Å². The molecule has 0 spiro atoms. The first-order chi connectivity index (χ1) is 8.56. The van der Waals surface area contributed by atoms with Gasteiger partial charge in [0.25, 0.3) is 0 Å². The Hall–Kier alpha value is -2.04. The molecular formula is C13H15NO4. The summed E-state index contributed by atoms with van der Waals surface area (Å²) in [7, 11) is 0. The maximum Gasteiger partial charge on any atom is 0.303 e. The van der Waals surface area contributed by atoms with Crippen molar-refractivity contribution in [2.45, 2.75) is 12.8 Å². The van der Waals surface area contributed by atoms with Crippen LogP contribution in [-0.2, 0) is 16.0 Å². The molecule has 1 amide bonds. The number of rotatable bonds is 4. The SMILES string of the molecule is O=C(O)CC1CN(C(=O)Cc2ccccc2O)C1. The molecule has 18 heavy (non-hydrogen) atoms. The minimum absolute atomic E-state index is 0.0656. The molecule has 1 fully saturated rings. The maximum absolute atomic E-state index is 11.8. The first-order valence-electron chi connectivity index (χ1n) is 5.82. The third kappa shape index (κ3) is 2.80. The van der Waals surface area contributed by atoms with E-state index < -0.39 is 5.97 Å². The van der Waals surface area contributed by atoms with E-state index in [1.54, 1.807) is 29.2 Å². The van der Waals surface area contributed by atoms with Crippen LogP contribution in [0.25, 0.3) is 0 Å². The van der Waals surface area contributed by atoms with Crippen molar-refractivity contribution >= 4 is 11.9 Å². The lowest BCUT2D eigenvalue weighted by Gasteiger charge is -2.38. The number of hydrogen-bond acceptors (Lipinski definition) is 3. The number of carboxylic acid groups (broad SMARTS) is 1. The second-order valence-corrected chi connectivity index (χ2v) is 4.57. The van der Waals surface area contributed by atoms with Gasteiger partial charge in [0.2, 0.25) is 5.91 Å². The topological polar surface area (TPSA) is 77.8 Å². The standard InChI is InChI=1S/C13H15NO4/c15-11-4-2-1-3-10(11)6-12(16)14-7-9(8-14)5-13(17)18/h1-4,9,15H,5-8H2,(H,17,18). The Morgan fingerprint density at radius 3 is 2.56 bits per heavy atom. The summed E-state index contributed by atoms with van der Waals surface area (Å²) >= 11 is 0. The first kappa shape index (κ1) is 12.4. The molecule has 96 valence electrons. The van der Waals surface area contributed by atoms with Crippen LogP contribution in [-0.4, -0.2) is 40.1 Å². The summed E-state index contributed by atoms with van der Waals surface area (Å²) in [4.78, 5) is 23.9. The Bertz CT molecular complexity index is 466. The number of aromatic hydroxyl groups is 1. The average molecular weight is 249 g/mol. The molecule has 1 aliphatic heterocycles. The molecule has 0 unspecified atom stereocenters. The summed E-state index contributed by atoms with van der Waals surface area (Å²) < 4.78 is 0. The molecule has 0 saturated carbocycles. The summed E-state index contributed by atoms with van der Waals surface area (Å²) in [6.07, 6.45) is 0.271. The third-order valence-electron chi connectivity index (χ3n) is 3.11. The largest absolute Gasteiger partial charge is 0.508 e. The molecule has 2 N–H and O–H groups in total. The number of amides is 1. The molecule has 5 heteroatoms. The molecule has 1 aromatic carbocycles. The Morgan fingerprint density at radius 1 is 1.28 bits per heavy atom. The molecule has 1 heterocycles. The molecule has 0 radical (unpaired) electrons. The molecule has 1 aromatic rings. The smallest absolute Gasteiger partial charge is 0.303 e. The van der Waals surface area contributed by atoms with E-state index in [4.69, 9.17) is 5.11 Å². The van der Waals surface area contributed by atoms with E-state index in [-0.39, 0.29) is 30.4 Å². The van der Waals surface area contributed by atoms with Crippen LogP contribution in [0.2, 0.25) is 0 Å². The van der Waals surface area contributed by atoms with Gasteiger partial charge >= 0.3 is 5.97 Å². The zero-order valence-corrected chi connectivity index (χ0v) is 9.87. The van der Waals surface area contributed by atoms with Crippen molar-refractivity contribution in [3.63, 3.8) is 0 Å². The number of phenols is 1. The van der Waals surface area contributed by atoms with Crippen LogP contribution in [0.15, 0.2) is 24.3 Å². The monoisotopic (exact) mass is 249 g/mol. The van der Waals surface area contributed by atoms with Crippen LogP contribution >= 0.6 is 0 Å². The average Bonchev–Trinajstić information content (AvgIpc) is 2.25. The second-order valence-electron chi connectivity index (χ2n) is 4.57. The summed E-state index contributed by atoms with van der Waals surface area (Å²) in [5.41, 5.74) is 0.601. The zero-order chi connectivity index (χ0) is 13.1. The Balaban J connectivity index is 1.84. The lowest BCUT2D eigenvalue weighted by Crippen LogP contribution is -2.51. The molecule has 1 aliphatic rings. The molecule has 5 nitrogen and oxygen atoms in total. The Kier molecular flexibility index (Phi) is 3.50. The van der Waals surface area contributed by atoms with E-state index in [2.05, 4.69) is 0 Å². The maximum atomic E-state index is 11.8. The predicted octanol–water partition coefficient (Wildman–Crippen LogP) is 0.868. The van der Waals surface area contributed by atoms with Gasteiger partial charge in [-0.05, 0) is 6.07 Å². The van der Waals surface area contributed by atoms with E-state index >= 15 is 0 Å². The normalized spacial score (nSPS) is 15.2. The van der Waals surface area contributed by atoms with Gasteiger partial charge in [0.1, 0.15) is 5.75 Å². The van der Waals surface area contributed by atoms with Gasteiger partial charge in [-0.15, -0.1) is 0 Å². The molecule has 0 atom stereocenters. The van der Waals surface area contributed by atoms with E-state index in [0.717, 1.165) is 0 Å². The van der Waals surface area contributed by atoms with Crippen LogP contribution in [0.4, 0.5) is 0 Å². The zero-order valence-electron chi connectivity index (χ0n) is 9.87. The van der Waals surface area contributed by atoms with Crippen molar-refractivity contribution in [3.05, 3.63) is 29.8 Å². The predicted molar refractivity (Wildman–Crippen MR) is 64.1 cm³/mol. The third-order valence-corrected chi connectivity index (χ3v) is 3.11. The van der Waals surface area contributed by atoms with Gasteiger partial charge in [0.15, 0.2) is 0 Å². The van der Waals surface area contributed by atoms with Gasteiger partial charge in [-0.3, -0.25) is 9.59 Å². The summed E-state index contributed by atoms with van der Waals surface area (Å²) in [5.74, 6) is -0.713.